The SMILES string of the molecule is CC(C)(C)OC(=O)NCc1cccc(Cl)c1.CN(C)S(=O)c1ccccc1[N+](=O)[O-]. The number of nitro benzene ring substituents is 1. The van der Waals surface area contributed by atoms with Crippen molar-refractivity contribution in [2.75, 3.05) is 14.1 Å². The molecule has 0 fully saturated rings. The number of halogens is 1. The van der Waals surface area contributed by atoms with Crippen LogP contribution in [-0.4, -0.2) is 39.2 Å². The summed E-state index contributed by atoms with van der Waals surface area (Å²) >= 11 is 5.82. The standard InChI is InChI=1S/C12H16ClNO2.C8H10N2O3S/c1-12(2,3)16-11(15)14-8-9-5-4-6-10(13)7-9;1-9(2)14(13)8-6-4-3-5-7(8)10(11)12/h4-7H,8H2,1-3H3,(H,14,15);3-6H,1-2H3. The third-order valence-electron chi connectivity index (χ3n) is 3.31. The maximum Gasteiger partial charge on any atom is 0.407 e. The molecule has 1 amide bonds. The molecule has 0 aliphatic heterocycles. The number of hydrogen-bond donors (Lipinski definition) is 1. The first kappa shape index (κ1) is 25.5. The Bertz CT molecular complexity index is 900. The van der Waals surface area contributed by atoms with E-state index in [-0.39, 0.29) is 10.6 Å². The van der Waals surface area contributed by atoms with Crippen molar-refractivity contribution < 1.29 is 18.7 Å². The summed E-state index contributed by atoms with van der Waals surface area (Å²) in [7, 11) is 1.73. The van der Waals surface area contributed by atoms with E-state index in [9.17, 15) is 19.1 Å². The van der Waals surface area contributed by atoms with Gasteiger partial charge in [0, 0.05) is 17.6 Å². The quantitative estimate of drug-likeness (QED) is 0.526. The first-order chi connectivity index (χ1) is 13.9. The number of rotatable bonds is 5. The number of alkyl carbamates (subject to hydrolysis) is 1. The van der Waals surface area contributed by atoms with Gasteiger partial charge in [0.1, 0.15) is 21.5 Å². The number of carbonyl (C=O) groups excluding carboxylic acids is 1. The molecule has 10 heteroatoms. The molecule has 0 aliphatic carbocycles. The molecule has 2 aromatic rings. The molecule has 0 spiro atoms. The summed E-state index contributed by atoms with van der Waals surface area (Å²) in [5, 5.41) is 13.9. The summed E-state index contributed by atoms with van der Waals surface area (Å²) in [6.45, 7) is 5.89. The lowest BCUT2D eigenvalue weighted by atomic mass is 10.2. The third-order valence-corrected chi connectivity index (χ3v) is 4.93. The van der Waals surface area contributed by atoms with Crippen LogP contribution in [0.5, 0.6) is 0 Å². The predicted molar refractivity (Wildman–Crippen MR) is 118 cm³/mol. The minimum atomic E-state index is -1.48. The normalized spacial score (nSPS) is 11.8. The van der Waals surface area contributed by atoms with Gasteiger partial charge in [0.25, 0.3) is 5.69 Å². The van der Waals surface area contributed by atoms with Gasteiger partial charge in [0.15, 0.2) is 0 Å². The fourth-order valence-electron chi connectivity index (χ4n) is 2.09. The Balaban J connectivity index is 0.000000303. The van der Waals surface area contributed by atoms with Gasteiger partial charge >= 0.3 is 6.09 Å². The summed E-state index contributed by atoms with van der Waals surface area (Å²) in [6, 6.07) is 13.3. The van der Waals surface area contributed by atoms with Crippen LogP contribution in [0.15, 0.2) is 53.4 Å². The molecule has 0 saturated carbocycles. The molecule has 0 aliphatic rings. The fourth-order valence-corrected chi connectivity index (χ4v) is 3.21. The summed E-state index contributed by atoms with van der Waals surface area (Å²) in [5.74, 6) is 0. The molecule has 1 unspecified atom stereocenters. The number of nitrogens with one attached hydrogen (secondary N) is 1. The zero-order chi connectivity index (χ0) is 22.9. The number of carbonyl (C=O) groups is 1. The molecule has 0 bridgehead atoms. The second-order valence-corrected chi connectivity index (χ2v) is 9.38. The summed E-state index contributed by atoms with van der Waals surface area (Å²) in [5.41, 5.74) is 0.358. The van der Waals surface area contributed by atoms with E-state index < -0.39 is 27.6 Å². The molecule has 164 valence electrons. The van der Waals surface area contributed by atoms with Gasteiger partial charge in [0.2, 0.25) is 0 Å². The molecule has 2 rings (SSSR count). The van der Waals surface area contributed by atoms with Crippen molar-refractivity contribution in [3.63, 3.8) is 0 Å². The zero-order valence-electron chi connectivity index (χ0n) is 17.5. The van der Waals surface area contributed by atoms with Crippen LogP contribution in [0, 0.1) is 10.1 Å². The molecule has 0 saturated heterocycles. The largest absolute Gasteiger partial charge is 0.444 e. The van der Waals surface area contributed by atoms with Crippen molar-refractivity contribution in [1.82, 2.24) is 9.62 Å². The zero-order valence-corrected chi connectivity index (χ0v) is 19.1. The van der Waals surface area contributed by atoms with E-state index in [4.69, 9.17) is 16.3 Å². The number of hydrogen-bond acceptors (Lipinski definition) is 5. The van der Waals surface area contributed by atoms with Gasteiger partial charge in [0.05, 0.1) is 4.92 Å². The van der Waals surface area contributed by atoms with Crippen molar-refractivity contribution in [2.24, 2.45) is 0 Å². The number of ether oxygens (including phenoxy) is 1. The van der Waals surface area contributed by atoms with Crippen molar-refractivity contribution in [2.45, 2.75) is 37.8 Å². The van der Waals surface area contributed by atoms with Gasteiger partial charge in [-0.05, 0) is 58.6 Å². The minimum Gasteiger partial charge on any atom is -0.444 e. The maximum atomic E-state index is 11.6. The number of para-hydroxylation sites is 1. The number of nitro groups is 1. The highest BCUT2D eigenvalue weighted by atomic mass is 35.5. The van der Waals surface area contributed by atoms with Gasteiger partial charge in [-0.15, -0.1) is 0 Å². The highest BCUT2D eigenvalue weighted by Crippen LogP contribution is 2.22. The van der Waals surface area contributed by atoms with E-state index in [2.05, 4.69) is 5.32 Å². The number of amides is 1. The number of benzene rings is 2. The van der Waals surface area contributed by atoms with Crippen LogP contribution in [0.3, 0.4) is 0 Å². The smallest absolute Gasteiger partial charge is 0.407 e. The average Bonchev–Trinajstić information content (AvgIpc) is 2.65. The van der Waals surface area contributed by atoms with Crippen LogP contribution >= 0.6 is 11.6 Å². The molecule has 1 atom stereocenters. The molecule has 8 nitrogen and oxygen atoms in total. The van der Waals surface area contributed by atoms with Crippen molar-refractivity contribution in [3.8, 4) is 0 Å². The fraction of sp³-hybridized carbons (Fsp3) is 0.350. The minimum absolute atomic E-state index is 0.112. The molecular weight excluding hydrogens is 430 g/mol. The summed E-state index contributed by atoms with van der Waals surface area (Å²) in [4.78, 5) is 21.6. The predicted octanol–water partition coefficient (Wildman–Crippen LogP) is 4.54. The lowest BCUT2D eigenvalue weighted by Crippen LogP contribution is -2.32. The monoisotopic (exact) mass is 455 g/mol. The third kappa shape index (κ3) is 9.34. The van der Waals surface area contributed by atoms with E-state index in [1.807, 2.05) is 32.9 Å². The van der Waals surface area contributed by atoms with Gasteiger partial charge in [-0.3, -0.25) is 10.1 Å². The lowest BCUT2D eigenvalue weighted by molar-refractivity contribution is -0.387. The molecule has 1 N–H and O–H groups in total. The van der Waals surface area contributed by atoms with Gasteiger partial charge in [-0.2, -0.15) is 0 Å². The second-order valence-electron chi connectivity index (χ2n) is 7.27. The van der Waals surface area contributed by atoms with Crippen LogP contribution < -0.4 is 5.32 Å². The molecular formula is C20H26ClN3O5S. The Labute approximate surface area is 183 Å². The number of nitrogens with zero attached hydrogens (tertiary/aromatic N) is 2. The molecule has 2 aromatic carbocycles. The second kappa shape index (κ2) is 11.6. The molecule has 30 heavy (non-hydrogen) atoms. The van der Waals surface area contributed by atoms with Gasteiger partial charge < -0.3 is 10.1 Å². The first-order valence-corrected chi connectivity index (χ1v) is 10.4. The van der Waals surface area contributed by atoms with Crippen LogP contribution in [0.1, 0.15) is 26.3 Å². The maximum absolute atomic E-state index is 11.6. The highest BCUT2D eigenvalue weighted by molar-refractivity contribution is 7.82. The van der Waals surface area contributed by atoms with E-state index in [1.165, 1.54) is 16.4 Å². The Morgan fingerprint density at radius 2 is 1.83 bits per heavy atom. The van der Waals surface area contributed by atoms with Crippen molar-refractivity contribution in [1.29, 1.82) is 0 Å². The van der Waals surface area contributed by atoms with Crippen molar-refractivity contribution >= 4 is 34.4 Å². The van der Waals surface area contributed by atoms with E-state index in [1.54, 1.807) is 38.4 Å². The Kier molecular flexibility index (Phi) is 9.91. The molecule has 0 radical (unpaired) electrons. The van der Waals surface area contributed by atoms with Gasteiger partial charge in [-0.25, -0.2) is 13.3 Å². The van der Waals surface area contributed by atoms with Crippen LogP contribution in [0.4, 0.5) is 10.5 Å². The average molecular weight is 456 g/mol. The highest BCUT2D eigenvalue weighted by Gasteiger charge is 2.19. The first-order valence-electron chi connectivity index (χ1n) is 8.94. The molecule has 0 heterocycles. The van der Waals surface area contributed by atoms with E-state index >= 15 is 0 Å². The van der Waals surface area contributed by atoms with Crippen molar-refractivity contribution in [3.05, 3.63) is 69.2 Å². The van der Waals surface area contributed by atoms with Crippen LogP contribution in [-0.2, 0) is 22.3 Å². The Morgan fingerprint density at radius 3 is 2.37 bits per heavy atom. The summed E-state index contributed by atoms with van der Waals surface area (Å²) < 4.78 is 18.1. The Hall–Kier alpha value is -2.49. The summed E-state index contributed by atoms with van der Waals surface area (Å²) in [6.07, 6.45) is -0.424. The Morgan fingerprint density at radius 1 is 1.20 bits per heavy atom. The topological polar surface area (TPSA) is 102 Å². The van der Waals surface area contributed by atoms with E-state index in [0.29, 0.717) is 11.6 Å². The van der Waals surface area contributed by atoms with Gasteiger partial charge in [-0.1, -0.05) is 35.9 Å². The lowest BCUT2D eigenvalue weighted by Gasteiger charge is -2.19. The van der Waals surface area contributed by atoms with Crippen LogP contribution in [0.2, 0.25) is 5.02 Å². The van der Waals surface area contributed by atoms with E-state index in [0.717, 1.165) is 5.56 Å². The van der Waals surface area contributed by atoms with Crippen LogP contribution in [0.25, 0.3) is 0 Å². The molecule has 0 aromatic heterocycles.